The van der Waals surface area contributed by atoms with Crippen LogP contribution >= 0.6 is 0 Å². The summed E-state index contributed by atoms with van der Waals surface area (Å²) in [5.74, 6) is 0. The molecule has 0 aliphatic heterocycles. The molecule has 70 valence electrons. The minimum Gasteiger partial charge on any atom is -0.398 e. The van der Waals surface area contributed by atoms with E-state index in [9.17, 15) is 13.2 Å². The van der Waals surface area contributed by atoms with E-state index in [0.29, 0.717) is 0 Å². The Kier molecular flexibility index (Phi) is 2.52. The minimum absolute atomic E-state index is 0.0953. The molecule has 0 aromatic heterocycles. The molecule has 1 aromatic rings. The van der Waals surface area contributed by atoms with E-state index in [4.69, 9.17) is 5.73 Å². The van der Waals surface area contributed by atoms with Crippen LogP contribution in [0.5, 0.6) is 0 Å². The van der Waals surface area contributed by atoms with Crippen molar-refractivity contribution in [2.75, 3.05) is 5.73 Å². The van der Waals surface area contributed by atoms with Gasteiger partial charge in [-0.1, -0.05) is 12.1 Å². The van der Waals surface area contributed by atoms with Gasteiger partial charge in [0.25, 0.3) is 10.0 Å². The van der Waals surface area contributed by atoms with E-state index in [1.54, 1.807) is 10.8 Å². The van der Waals surface area contributed by atoms with E-state index < -0.39 is 10.0 Å². The molecule has 0 aliphatic rings. The summed E-state index contributed by atoms with van der Waals surface area (Å²) in [7, 11) is -3.78. The van der Waals surface area contributed by atoms with Crippen LogP contribution in [0.1, 0.15) is 0 Å². The maximum absolute atomic E-state index is 11.2. The highest BCUT2D eigenvalue weighted by Gasteiger charge is 2.14. The maximum Gasteiger partial charge on any atom is 0.265 e. The van der Waals surface area contributed by atoms with Gasteiger partial charge in [0.05, 0.1) is 5.69 Å². The van der Waals surface area contributed by atoms with Crippen molar-refractivity contribution in [3.8, 4) is 0 Å². The molecule has 13 heavy (non-hydrogen) atoms. The number of para-hydroxylation sites is 1. The fourth-order valence-corrected chi connectivity index (χ4v) is 1.74. The highest BCUT2D eigenvalue weighted by molar-refractivity contribution is 7.90. The highest BCUT2D eigenvalue weighted by Crippen LogP contribution is 2.15. The molecular formula is C7H8N2O3S. The summed E-state index contributed by atoms with van der Waals surface area (Å²) in [5.41, 5.74) is 5.51. The van der Waals surface area contributed by atoms with Crippen LogP contribution in [0.15, 0.2) is 29.2 Å². The van der Waals surface area contributed by atoms with Crippen LogP contribution in [-0.4, -0.2) is 14.8 Å². The summed E-state index contributed by atoms with van der Waals surface area (Å²) < 4.78 is 24.2. The van der Waals surface area contributed by atoms with E-state index >= 15 is 0 Å². The van der Waals surface area contributed by atoms with Crippen molar-refractivity contribution in [1.82, 2.24) is 4.72 Å². The van der Waals surface area contributed by atoms with E-state index in [0.717, 1.165) is 0 Å². The second kappa shape index (κ2) is 3.44. The lowest BCUT2D eigenvalue weighted by Crippen LogP contribution is -2.22. The minimum atomic E-state index is -3.78. The lowest BCUT2D eigenvalue weighted by atomic mass is 10.3. The van der Waals surface area contributed by atoms with E-state index in [1.807, 2.05) is 0 Å². The molecule has 5 nitrogen and oxygen atoms in total. The lowest BCUT2D eigenvalue weighted by Gasteiger charge is -2.04. The molecule has 1 amide bonds. The third kappa shape index (κ3) is 1.97. The molecule has 0 heterocycles. The van der Waals surface area contributed by atoms with Crippen LogP contribution in [0.2, 0.25) is 0 Å². The average molecular weight is 200 g/mol. The fraction of sp³-hybridized carbons (Fsp3) is 0. The molecule has 3 N–H and O–H groups in total. The number of nitrogens with one attached hydrogen (secondary N) is 1. The summed E-state index contributed by atoms with van der Waals surface area (Å²) in [6.07, 6.45) is 0.0990. The number of carbonyl (C=O) groups excluding carboxylic acids is 1. The number of sulfonamides is 1. The van der Waals surface area contributed by atoms with Gasteiger partial charge in [-0.05, 0) is 12.1 Å². The van der Waals surface area contributed by atoms with Crippen LogP contribution < -0.4 is 10.5 Å². The molecule has 1 aromatic carbocycles. The molecule has 0 saturated carbocycles. The molecule has 0 saturated heterocycles. The second-order valence-corrected chi connectivity index (χ2v) is 3.96. The number of amides is 1. The van der Waals surface area contributed by atoms with Crippen molar-refractivity contribution in [2.45, 2.75) is 4.90 Å². The molecular weight excluding hydrogens is 192 g/mol. The molecule has 0 unspecified atom stereocenters. The highest BCUT2D eigenvalue weighted by atomic mass is 32.2. The van der Waals surface area contributed by atoms with Gasteiger partial charge in [-0.3, -0.25) is 9.52 Å². The monoisotopic (exact) mass is 200 g/mol. The molecule has 0 fully saturated rings. The topological polar surface area (TPSA) is 89.3 Å². The molecule has 0 radical (unpaired) electrons. The summed E-state index contributed by atoms with van der Waals surface area (Å²) >= 11 is 0. The number of hydrogen-bond acceptors (Lipinski definition) is 4. The summed E-state index contributed by atoms with van der Waals surface area (Å²) in [5, 5.41) is 0. The summed E-state index contributed by atoms with van der Waals surface area (Å²) in [6, 6.07) is 5.89. The van der Waals surface area contributed by atoms with Gasteiger partial charge in [-0.15, -0.1) is 0 Å². The van der Waals surface area contributed by atoms with Crippen molar-refractivity contribution < 1.29 is 13.2 Å². The Morgan fingerprint density at radius 2 is 1.92 bits per heavy atom. The van der Waals surface area contributed by atoms with Crippen LogP contribution in [0.4, 0.5) is 5.69 Å². The Hall–Kier alpha value is -1.56. The molecule has 0 aliphatic carbocycles. The third-order valence-corrected chi connectivity index (χ3v) is 2.77. The fourth-order valence-electron chi connectivity index (χ4n) is 0.852. The van der Waals surface area contributed by atoms with Gasteiger partial charge in [-0.2, -0.15) is 0 Å². The van der Waals surface area contributed by atoms with Crippen molar-refractivity contribution in [2.24, 2.45) is 0 Å². The molecule has 6 heteroatoms. The largest absolute Gasteiger partial charge is 0.398 e. The Morgan fingerprint density at radius 1 is 1.31 bits per heavy atom. The van der Waals surface area contributed by atoms with Gasteiger partial charge in [0.1, 0.15) is 4.90 Å². The standard InChI is InChI=1S/C7H8N2O3S/c8-6-3-1-2-4-7(6)13(11,12)9-5-10/h1-5H,8H2,(H,9,10). The van der Waals surface area contributed by atoms with Crippen LogP contribution in [0.3, 0.4) is 0 Å². The number of carbonyl (C=O) groups is 1. The molecule has 0 atom stereocenters. The van der Waals surface area contributed by atoms with Crippen molar-refractivity contribution in [1.29, 1.82) is 0 Å². The Balaban J connectivity index is 3.22. The predicted octanol–water partition coefficient (Wildman–Crippen LogP) is -0.297. The molecule has 0 spiro atoms. The summed E-state index contributed by atoms with van der Waals surface area (Å²) in [6.45, 7) is 0. The molecule has 1 rings (SSSR count). The first-order valence-corrected chi connectivity index (χ1v) is 4.87. The van der Waals surface area contributed by atoms with Crippen molar-refractivity contribution in [3.05, 3.63) is 24.3 Å². The third-order valence-electron chi connectivity index (χ3n) is 1.41. The predicted molar refractivity (Wildman–Crippen MR) is 47.2 cm³/mol. The maximum atomic E-state index is 11.2. The lowest BCUT2D eigenvalue weighted by molar-refractivity contribution is -0.108. The van der Waals surface area contributed by atoms with Gasteiger partial charge in [-0.25, -0.2) is 8.42 Å². The van der Waals surface area contributed by atoms with Crippen LogP contribution in [0, 0.1) is 0 Å². The summed E-state index contributed by atoms with van der Waals surface area (Å²) in [4.78, 5) is 9.88. The van der Waals surface area contributed by atoms with Gasteiger partial charge >= 0.3 is 0 Å². The number of hydrogen-bond donors (Lipinski definition) is 2. The van der Waals surface area contributed by atoms with Gasteiger partial charge in [0.15, 0.2) is 0 Å². The van der Waals surface area contributed by atoms with Gasteiger partial charge < -0.3 is 5.73 Å². The molecule has 0 bridgehead atoms. The number of rotatable bonds is 3. The first-order chi connectivity index (χ1) is 6.08. The normalized spacial score (nSPS) is 10.8. The quantitative estimate of drug-likeness (QED) is 0.518. The zero-order valence-electron chi connectivity index (χ0n) is 6.60. The van der Waals surface area contributed by atoms with E-state index in [-0.39, 0.29) is 17.0 Å². The zero-order chi connectivity index (χ0) is 9.90. The first kappa shape index (κ1) is 9.53. The zero-order valence-corrected chi connectivity index (χ0v) is 7.41. The Bertz CT molecular complexity index is 414. The SMILES string of the molecule is Nc1ccccc1S(=O)(=O)NC=O. The van der Waals surface area contributed by atoms with E-state index in [1.165, 1.54) is 18.2 Å². The number of benzene rings is 1. The van der Waals surface area contributed by atoms with Crippen LogP contribution in [0.25, 0.3) is 0 Å². The number of nitrogen functional groups attached to an aromatic ring is 1. The average Bonchev–Trinajstić information content (AvgIpc) is 2.04. The second-order valence-electron chi connectivity index (χ2n) is 2.28. The first-order valence-electron chi connectivity index (χ1n) is 3.38. The van der Waals surface area contributed by atoms with Crippen LogP contribution in [-0.2, 0) is 14.8 Å². The smallest absolute Gasteiger partial charge is 0.265 e. The Labute approximate surface area is 75.6 Å². The Morgan fingerprint density at radius 3 is 2.46 bits per heavy atom. The van der Waals surface area contributed by atoms with Gasteiger partial charge in [0.2, 0.25) is 6.41 Å². The number of nitrogens with two attached hydrogens (primary N) is 1. The van der Waals surface area contributed by atoms with Crippen molar-refractivity contribution in [3.63, 3.8) is 0 Å². The van der Waals surface area contributed by atoms with Gasteiger partial charge in [0, 0.05) is 0 Å². The van der Waals surface area contributed by atoms with E-state index in [2.05, 4.69) is 0 Å². The van der Waals surface area contributed by atoms with Crippen molar-refractivity contribution >= 4 is 22.1 Å². The number of anilines is 1.